The Hall–Kier alpha value is -2.02. The Balaban J connectivity index is 2.04. The summed E-state index contributed by atoms with van der Waals surface area (Å²) < 4.78 is 22.7. The molecule has 0 spiro atoms. The standard InChI is InChI=1S/C18H18N2O2S2/c1-11-4-5-12(2)16(10-11)17-13(3)23-18(20-17)14-6-8-15(9-7-14)24(19,21)22/h4-10H,1-3H3,(H2,19,21,22). The molecule has 0 aliphatic rings. The van der Waals surface area contributed by atoms with Crippen molar-refractivity contribution in [2.45, 2.75) is 25.7 Å². The third kappa shape index (κ3) is 3.26. The van der Waals surface area contributed by atoms with E-state index >= 15 is 0 Å². The molecule has 124 valence electrons. The lowest BCUT2D eigenvalue weighted by Gasteiger charge is -2.05. The quantitative estimate of drug-likeness (QED) is 0.767. The number of thiazole rings is 1. The van der Waals surface area contributed by atoms with Crippen LogP contribution in [0.4, 0.5) is 0 Å². The molecule has 24 heavy (non-hydrogen) atoms. The number of hydrogen-bond acceptors (Lipinski definition) is 4. The van der Waals surface area contributed by atoms with E-state index in [1.54, 1.807) is 23.5 Å². The van der Waals surface area contributed by atoms with Crippen LogP contribution in [-0.2, 0) is 10.0 Å². The smallest absolute Gasteiger partial charge is 0.236 e. The fraction of sp³-hybridized carbons (Fsp3) is 0.167. The average Bonchev–Trinajstić information content (AvgIpc) is 2.91. The first-order valence-corrected chi connectivity index (χ1v) is 9.80. The summed E-state index contributed by atoms with van der Waals surface area (Å²) in [5, 5.41) is 6.00. The van der Waals surface area contributed by atoms with Crippen molar-refractivity contribution < 1.29 is 8.42 Å². The van der Waals surface area contributed by atoms with Crippen molar-refractivity contribution in [1.29, 1.82) is 0 Å². The molecule has 4 nitrogen and oxygen atoms in total. The summed E-state index contributed by atoms with van der Waals surface area (Å²) in [6.07, 6.45) is 0. The highest BCUT2D eigenvalue weighted by molar-refractivity contribution is 7.89. The maximum atomic E-state index is 11.4. The number of rotatable bonds is 3. The Morgan fingerprint density at radius 1 is 1.00 bits per heavy atom. The first-order chi connectivity index (χ1) is 11.3. The van der Waals surface area contributed by atoms with Crippen molar-refractivity contribution in [3.05, 3.63) is 58.5 Å². The Bertz CT molecular complexity index is 1000. The second-order valence-electron chi connectivity index (χ2n) is 5.81. The zero-order valence-corrected chi connectivity index (χ0v) is 15.3. The van der Waals surface area contributed by atoms with Gasteiger partial charge in [0.25, 0.3) is 0 Å². The maximum absolute atomic E-state index is 11.4. The summed E-state index contributed by atoms with van der Waals surface area (Å²) in [7, 11) is -3.68. The summed E-state index contributed by atoms with van der Waals surface area (Å²) in [4.78, 5) is 6.02. The molecule has 1 heterocycles. The Labute approximate surface area is 146 Å². The van der Waals surface area contributed by atoms with Crippen LogP contribution in [0, 0.1) is 20.8 Å². The van der Waals surface area contributed by atoms with Crippen molar-refractivity contribution in [3.8, 4) is 21.8 Å². The van der Waals surface area contributed by atoms with Crippen LogP contribution in [-0.4, -0.2) is 13.4 Å². The fourth-order valence-corrected chi connectivity index (χ4v) is 4.00. The molecule has 1 aromatic heterocycles. The lowest BCUT2D eigenvalue weighted by Crippen LogP contribution is -2.11. The third-order valence-electron chi connectivity index (χ3n) is 3.87. The maximum Gasteiger partial charge on any atom is 0.238 e. The SMILES string of the molecule is Cc1ccc(C)c(-c2nc(-c3ccc(S(N)(=O)=O)cc3)sc2C)c1. The number of sulfonamides is 1. The Morgan fingerprint density at radius 2 is 1.67 bits per heavy atom. The summed E-state index contributed by atoms with van der Waals surface area (Å²) in [6, 6.07) is 12.8. The minimum Gasteiger partial charge on any atom is -0.236 e. The fourth-order valence-electron chi connectivity index (χ4n) is 2.55. The number of primary sulfonamides is 1. The molecule has 0 bridgehead atoms. The number of benzene rings is 2. The summed E-state index contributed by atoms with van der Waals surface area (Å²) in [5.41, 5.74) is 5.38. The highest BCUT2D eigenvalue weighted by Crippen LogP contribution is 2.35. The van der Waals surface area contributed by atoms with E-state index in [1.165, 1.54) is 23.3 Å². The first kappa shape index (κ1) is 16.8. The first-order valence-electron chi connectivity index (χ1n) is 7.44. The minimum absolute atomic E-state index is 0.106. The van der Waals surface area contributed by atoms with Crippen LogP contribution in [0.3, 0.4) is 0 Å². The molecule has 0 aliphatic heterocycles. The zero-order valence-electron chi connectivity index (χ0n) is 13.7. The van der Waals surface area contributed by atoms with Gasteiger partial charge in [-0.3, -0.25) is 0 Å². The highest BCUT2D eigenvalue weighted by Gasteiger charge is 2.14. The van der Waals surface area contributed by atoms with Crippen molar-refractivity contribution in [2.75, 3.05) is 0 Å². The molecular formula is C18H18N2O2S2. The van der Waals surface area contributed by atoms with Gasteiger partial charge in [0.2, 0.25) is 10.0 Å². The van der Waals surface area contributed by atoms with Gasteiger partial charge in [0.05, 0.1) is 10.6 Å². The number of aryl methyl sites for hydroxylation is 3. The van der Waals surface area contributed by atoms with Gasteiger partial charge in [0.15, 0.2) is 0 Å². The molecule has 0 amide bonds. The van der Waals surface area contributed by atoms with E-state index < -0.39 is 10.0 Å². The van der Waals surface area contributed by atoms with E-state index in [2.05, 4.69) is 39.0 Å². The molecule has 2 aromatic carbocycles. The number of aromatic nitrogens is 1. The van der Waals surface area contributed by atoms with Gasteiger partial charge in [-0.2, -0.15) is 0 Å². The van der Waals surface area contributed by atoms with Crippen molar-refractivity contribution in [2.24, 2.45) is 5.14 Å². The zero-order chi connectivity index (χ0) is 17.5. The molecule has 6 heteroatoms. The molecule has 2 N–H and O–H groups in total. The molecule has 0 atom stereocenters. The van der Waals surface area contributed by atoms with E-state index in [0.717, 1.165) is 26.7 Å². The van der Waals surface area contributed by atoms with Crippen LogP contribution in [0.25, 0.3) is 21.8 Å². The second kappa shape index (κ2) is 6.12. The van der Waals surface area contributed by atoms with Crippen molar-refractivity contribution >= 4 is 21.4 Å². The normalized spacial score (nSPS) is 11.7. The monoisotopic (exact) mass is 358 g/mol. The van der Waals surface area contributed by atoms with Gasteiger partial charge in [-0.15, -0.1) is 11.3 Å². The van der Waals surface area contributed by atoms with Gasteiger partial charge in [-0.05, 0) is 44.5 Å². The molecular weight excluding hydrogens is 340 g/mol. The van der Waals surface area contributed by atoms with Gasteiger partial charge in [0.1, 0.15) is 5.01 Å². The van der Waals surface area contributed by atoms with E-state index in [1.807, 2.05) is 0 Å². The third-order valence-corrected chi connectivity index (χ3v) is 5.82. The van der Waals surface area contributed by atoms with Gasteiger partial charge >= 0.3 is 0 Å². The molecule has 3 rings (SSSR count). The van der Waals surface area contributed by atoms with E-state index in [9.17, 15) is 8.42 Å². The van der Waals surface area contributed by atoms with Crippen molar-refractivity contribution in [3.63, 3.8) is 0 Å². The largest absolute Gasteiger partial charge is 0.238 e. The van der Waals surface area contributed by atoms with E-state index in [-0.39, 0.29) is 4.90 Å². The van der Waals surface area contributed by atoms with Crippen LogP contribution < -0.4 is 5.14 Å². The number of hydrogen-bond donors (Lipinski definition) is 1. The van der Waals surface area contributed by atoms with Crippen molar-refractivity contribution in [1.82, 2.24) is 4.98 Å². The van der Waals surface area contributed by atoms with Crippen LogP contribution >= 0.6 is 11.3 Å². The van der Waals surface area contributed by atoms with Crippen LogP contribution in [0.15, 0.2) is 47.4 Å². The molecule has 0 unspecified atom stereocenters. The van der Waals surface area contributed by atoms with Gasteiger partial charge in [-0.1, -0.05) is 29.8 Å². The predicted octanol–water partition coefficient (Wildman–Crippen LogP) is 4.05. The van der Waals surface area contributed by atoms with Crippen LogP contribution in [0.1, 0.15) is 16.0 Å². The average molecular weight is 358 g/mol. The highest BCUT2D eigenvalue weighted by atomic mass is 32.2. The summed E-state index contributed by atoms with van der Waals surface area (Å²) in [6.45, 7) is 6.20. The molecule has 0 saturated heterocycles. The minimum atomic E-state index is -3.68. The molecule has 0 fully saturated rings. The van der Waals surface area contributed by atoms with E-state index in [0.29, 0.717) is 0 Å². The van der Waals surface area contributed by atoms with E-state index in [4.69, 9.17) is 10.1 Å². The number of nitrogens with zero attached hydrogens (tertiary/aromatic N) is 1. The van der Waals surface area contributed by atoms with Gasteiger partial charge in [-0.25, -0.2) is 18.5 Å². The predicted molar refractivity (Wildman–Crippen MR) is 98.6 cm³/mol. The summed E-state index contributed by atoms with van der Waals surface area (Å²) >= 11 is 1.60. The van der Waals surface area contributed by atoms with Gasteiger partial charge in [0, 0.05) is 16.0 Å². The molecule has 0 saturated carbocycles. The Kier molecular flexibility index (Phi) is 4.29. The van der Waals surface area contributed by atoms with Crippen LogP contribution in [0.2, 0.25) is 0 Å². The lowest BCUT2D eigenvalue weighted by molar-refractivity contribution is 0.598. The summed E-state index contributed by atoms with van der Waals surface area (Å²) in [5.74, 6) is 0. The second-order valence-corrected chi connectivity index (χ2v) is 8.58. The Morgan fingerprint density at radius 3 is 2.29 bits per heavy atom. The molecule has 0 radical (unpaired) electrons. The van der Waals surface area contributed by atoms with Crippen LogP contribution in [0.5, 0.6) is 0 Å². The topological polar surface area (TPSA) is 73.0 Å². The lowest BCUT2D eigenvalue weighted by atomic mass is 10.0. The molecule has 3 aromatic rings. The molecule has 0 aliphatic carbocycles. The number of nitrogens with two attached hydrogens (primary N) is 1. The van der Waals surface area contributed by atoms with Gasteiger partial charge < -0.3 is 0 Å².